The Morgan fingerprint density at radius 2 is 1.86 bits per heavy atom. The summed E-state index contributed by atoms with van der Waals surface area (Å²) in [5.41, 5.74) is 0.854. The Bertz CT molecular complexity index is 435. The van der Waals surface area contributed by atoms with Crippen LogP contribution in [0.3, 0.4) is 0 Å². The highest BCUT2D eigenvalue weighted by Gasteiger charge is 2.45. The minimum atomic E-state index is -3.76. The lowest BCUT2D eigenvalue weighted by molar-refractivity contribution is -0.163. The SMILES string of the molecule is CC(C)CCNC(=O)C(F)(F)C(O)CCc1ccccc1. The zero-order valence-electron chi connectivity index (χ0n) is 12.5. The number of amides is 1. The summed E-state index contributed by atoms with van der Waals surface area (Å²) in [5, 5.41) is 11.8. The number of hydrogen-bond donors (Lipinski definition) is 2. The molecule has 1 aromatic rings. The Labute approximate surface area is 124 Å². The Balaban J connectivity index is 2.46. The van der Waals surface area contributed by atoms with Crippen molar-refractivity contribution < 1.29 is 18.7 Å². The molecule has 0 aromatic heterocycles. The predicted octanol–water partition coefficient (Wildman–Crippen LogP) is 2.78. The van der Waals surface area contributed by atoms with E-state index in [4.69, 9.17) is 0 Å². The van der Waals surface area contributed by atoms with Crippen molar-refractivity contribution >= 4 is 5.91 Å². The molecule has 0 fully saturated rings. The van der Waals surface area contributed by atoms with Crippen LogP contribution in [0.25, 0.3) is 0 Å². The highest BCUT2D eigenvalue weighted by Crippen LogP contribution is 2.23. The van der Waals surface area contributed by atoms with Gasteiger partial charge >= 0.3 is 5.92 Å². The molecule has 0 spiro atoms. The quantitative estimate of drug-likeness (QED) is 0.775. The summed E-state index contributed by atoms with van der Waals surface area (Å²) in [6.45, 7) is 4.08. The van der Waals surface area contributed by atoms with Crippen LogP contribution in [0.4, 0.5) is 8.78 Å². The van der Waals surface area contributed by atoms with Gasteiger partial charge in [0.2, 0.25) is 0 Å². The minimum Gasteiger partial charge on any atom is -0.386 e. The lowest BCUT2D eigenvalue weighted by Gasteiger charge is -2.22. The van der Waals surface area contributed by atoms with Gasteiger partial charge in [0.1, 0.15) is 6.10 Å². The molecule has 0 aliphatic carbocycles. The van der Waals surface area contributed by atoms with Gasteiger partial charge < -0.3 is 10.4 Å². The topological polar surface area (TPSA) is 49.3 Å². The molecule has 3 nitrogen and oxygen atoms in total. The zero-order chi connectivity index (χ0) is 15.9. The first-order valence-electron chi connectivity index (χ1n) is 7.22. The monoisotopic (exact) mass is 299 g/mol. The molecule has 1 unspecified atom stereocenters. The van der Waals surface area contributed by atoms with Gasteiger partial charge in [0.25, 0.3) is 5.91 Å². The van der Waals surface area contributed by atoms with Crippen molar-refractivity contribution in [2.24, 2.45) is 5.92 Å². The number of hydrogen-bond acceptors (Lipinski definition) is 2. The van der Waals surface area contributed by atoms with Crippen molar-refractivity contribution in [3.8, 4) is 0 Å². The van der Waals surface area contributed by atoms with E-state index in [0.717, 1.165) is 5.56 Å². The smallest absolute Gasteiger partial charge is 0.349 e. The van der Waals surface area contributed by atoms with Gasteiger partial charge in [-0.2, -0.15) is 8.78 Å². The second-order valence-corrected chi connectivity index (χ2v) is 5.60. The number of aliphatic hydroxyl groups is 1. The zero-order valence-corrected chi connectivity index (χ0v) is 12.5. The average molecular weight is 299 g/mol. The van der Waals surface area contributed by atoms with Crippen molar-refractivity contribution in [3.63, 3.8) is 0 Å². The lowest BCUT2D eigenvalue weighted by Crippen LogP contribution is -2.48. The van der Waals surface area contributed by atoms with Crippen LogP contribution in [0.5, 0.6) is 0 Å². The summed E-state index contributed by atoms with van der Waals surface area (Å²) in [4.78, 5) is 11.5. The summed E-state index contributed by atoms with van der Waals surface area (Å²) < 4.78 is 27.6. The molecule has 0 radical (unpaired) electrons. The van der Waals surface area contributed by atoms with E-state index in [9.17, 15) is 18.7 Å². The van der Waals surface area contributed by atoms with Gasteiger partial charge in [-0.25, -0.2) is 0 Å². The van der Waals surface area contributed by atoms with Crippen molar-refractivity contribution in [2.75, 3.05) is 6.54 Å². The fraction of sp³-hybridized carbons (Fsp3) is 0.562. The molecule has 0 aliphatic heterocycles. The van der Waals surface area contributed by atoms with Crippen LogP contribution in [-0.2, 0) is 11.2 Å². The normalized spacial score (nSPS) is 13.2. The van der Waals surface area contributed by atoms with Gasteiger partial charge in [0.05, 0.1) is 0 Å². The molecule has 1 aromatic carbocycles. The Morgan fingerprint density at radius 3 is 2.43 bits per heavy atom. The molecular formula is C16H23F2NO2. The number of alkyl halides is 2. The molecule has 1 rings (SSSR count). The van der Waals surface area contributed by atoms with E-state index in [2.05, 4.69) is 5.32 Å². The highest BCUT2D eigenvalue weighted by atomic mass is 19.3. The second kappa shape index (κ2) is 8.08. The maximum absolute atomic E-state index is 13.8. The van der Waals surface area contributed by atoms with Crippen molar-refractivity contribution in [3.05, 3.63) is 35.9 Å². The van der Waals surface area contributed by atoms with Gasteiger partial charge in [-0.15, -0.1) is 0 Å². The highest BCUT2D eigenvalue weighted by molar-refractivity contribution is 5.84. The number of carbonyl (C=O) groups is 1. The van der Waals surface area contributed by atoms with Crippen molar-refractivity contribution in [2.45, 2.75) is 45.1 Å². The minimum absolute atomic E-state index is 0.158. The number of aryl methyl sites for hydroxylation is 1. The maximum atomic E-state index is 13.8. The summed E-state index contributed by atoms with van der Waals surface area (Å²) in [6, 6.07) is 9.04. The number of aliphatic hydroxyl groups excluding tert-OH is 1. The maximum Gasteiger partial charge on any atom is 0.349 e. The Hall–Kier alpha value is -1.49. The largest absolute Gasteiger partial charge is 0.386 e. The van der Waals surface area contributed by atoms with Gasteiger partial charge in [-0.3, -0.25) is 4.79 Å². The summed E-state index contributed by atoms with van der Waals surface area (Å²) in [5.74, 6) is -4.84. The number of carbonyl (C=O) groups excluding carboxylic acids is 1. The number of halogens is 2. The third kappa shape index (κ3) is 5.79. The van der Waals surface area contributed by atoms with Crippen LogP contribution in [0.2, 0.25) is 0 Å². The van der Waals surface area contributed by atoms with Gasteiger partial charge in [0.15, 0.2) is 0 Å². The summed E-state index contributed by atoms with van der Waals surface area (Å²) in [6.07, 6.45) is -1.20. The van der Waals surface area contributed by atoms with E-state index >= 15 is 0 Å². The van der Waals surface area contributed by atoms with Crippen LogP contribution >= 0.6 is 0 Å². The molecular weight excluding hydrogens is 276 g/mol. The third-order valence-corrected chi connectivity index (χ3v) is 3.28. The average Bonchev–Trinajstić information content (AvgIpc) is 2.45. The number of nitrogens with one attached hydrogen (secondary N) is 1. The van der Waals surface area contributed by atoms with Crippen LogP contribution in [0.15, 0.2) is 30.3 Å². The number of benzene rings is 1. The summed E-state index contributed by atoms with van der Waals surface area (Å²) in [7, 11) is 0. The first-order valence-corrected chi connectivity index (χ1v) is 7.22. The first-order chi connectivity index (χ1) is 9.84. The molecule has 0 aliphatic rings. The standard InChI is InChI=1S/C16H23F2NO2/c1-12(2)10-11-19-15(21)16(17,18)14(20)9-8-13-6-4-3-5-7-13/h3-7,12,14,20H,8-11H2,1-2H3,(H,19,21). The summed E-state index contributed by atoms with van der Waals surface area (Å²) >= 11 is 0. The van der Waals surface area contributed by atoms with Crippen molar-refractivity contribution in [1.82, 2.24) is 5.32 Å². The fourth-order valence-electron chi connectivity index (χ4n) is 1.87. The van der Waals surface area contributed by atoms with Gasteiger partial charge in [-0.05, 0) is 30.7 Å². The van der Waals surface area contributed by atoms with E-state index in [1.807, 2.05) is 19.9 Å². The first kappa shape index (κ1) is 17.6. The molecule has 2 N–H and O–H groups in total. The molecule has 1 atom stereocenters. The van der Waals surface area contributed by atoms with E-state index in [1.54, 1.807) is 24.3 Å². The van der Waals surface area contributed by atoms with Crippen LogP contribution in [-0.4, -0.2) is 29.6 Å². The Morgan fingerprint density at radius 1 is 1.24 bits per heavy atom. The fourth-order valence-corrected chi connectivity index (χ4v) is 1.87. The molecule has 0 heterocycles. The molecule has 118 valence electrons. The third-order valence-electron chi connectivity index (χ3n) is 3.28. The van der Waals surface area contributed by atoms with Crippen LogP contribution in [0.1, 0.15) is 32.3 Å². The second-order valence-electron chi connectivity index (χ2n) is 5.60. The molecule has 1 amide bonds. The molecule has 0 saturated carbocycles. The van der Waals surface area contributed by atoms with Crippen LogP contribution < -0.4 is 5.32 Å². The lowest BCUT2D eigenvalue weighted by atomic mass is 10.0. The molecule has 0 bridgehead atoms. The predicted molar refractivity (Wildman–Crippen MR) is 78.2 cm³/mol. The van der Waals surface area contributed by atoms with E-state index < -0.39 is 17.9 Å². The number of rotatable bonds is 8. The van der Waals surface area contributed by atoms with Gasteiger partial charge in [0, 0.05) is 6.54 Å². The van der Waals surface area contributed by atoms with E-state index in [-0.39, 0.29) is 13.0 Å². The van der Waals surface area contributed by atoms with Gasteiger partial charge in [-0.1, -0.05) is 44.2 Å². The van der Waals surface area contributed by atoms with E-state index in [0.29, 0.717) is 18.8 Å². The molecule has 21 heavy (non-hydrogen) atoms. The molecule has 0 saturated heterocycles. The van der Waals surface area contributed by atoms with Crippen molar-refractivity contribution in [1.29, 1.82) is 0 Å². The van der Waals surface area contributed by atoms with E-state index in [1.165, 1.54) is 0 Å². The Kier molecular flexibility index (Phi) is 6.75. The molecule has 5 heteroatoms. The van der Waals surface area contributed by atoms with Crippen LogP contribution in [0, 0.1) is 5.92 Å².